The highest BCUT2D eigenvalue weighted by atomic mass is 16.5. The number of carbonyl (C=O) groups excluding carboxylic acids is 1. The van der Waals surface area contributed by atoms with Gasteiger partial charge in [0.05, 0.1) is 0 Å². The number of hydrogen-bond donors (Lipinski definition) is 0. The van der Waals surface area contributed by atoms with E-state index < -0.39 is 0 Å². The Balaban J connectivity index is 2.70. The lowest BCUT2D eigenvalue weighted by Gasteiger charge is -2.41. The van der Waals surface area contributed by atoms with Gasteiger partial charge in [-0.05, 0) is 24.2 Å². The minimum Gasteiger partial charge on any atom is -0.462 e. The van der Waals surface area contributed by atoms with Gasteiger partial charge in [-0.2, -0.15) is 0 Å². The average Bonchev–Trinajstić information content (AvgIpc) is 1.99. The van der Waals surface area contributed by atoms with E-state index in [4.69, 9.17) is 4.74 Å². The summed E-state index contributed by atoms with van der Waals surface area (Å²) < 4.78 is 5.46. The minimum absolute atomic E-state index is 0.131. The number of esters is 1. The second kappa shape index (κ2) is 4.54. The summed E-state index contributed by atoms with van der Waals surface area (Å²) in [6, 6.07) is 0. The van der Waals surface area contributed by atoms with E-state index in [0.29, 0.717) is 11.8 Å². The zero-order chi connectivity index (χ0) is 11.6. The summed E-state index contributed by atoms with van der Waals surface area (Å²) in [6.07, 6.45) is 3.61. The van der Waals surface area contributed by atoms with E-state index in [1.165, 1.54) is 19.8 Å². The molecule has 0 unspecified atom stereocenters. The SMILES string of the molecule is CC(=O)O[C@@H]1C[C@H](C)CC[C@H]1C(C)(C)C. The van der Waals surface area contributed by atoms with Crippen molar-refractivity contribution in [3.8, 4) is 0 Å². The highest BCUT2D eigenvalue weighted by Gasteiger charge is 2.37. The summed E-state index contributed by atoms with van der Waals surface area (Å²) in [4.78, 5) is 11.1. The maximum Gasteiger partial charge on any atom is 0.302 e. The van der Waals surface area contributed by atoms with Crippen molar-refractivity contribution >= 4 is 5.97 Å². The van der Waals surface area contributed by atoms with E-state index in [1.54, 1.807) is 0 Å². The van der Waals surface area contributed by atoms with Crippen molar-refractivity contribution < 1.29 is 9.53 Å². The molecule has 1 fully saturated rings. The molecule has 1 aliphatic rings. The predicted octanol–water partition coefficient (Wildman–Crippen LogP) is 3.40. The fraction of sp³-hybridized carbons (Fsp3) is 0.923. The molecule has 0 bridgehead atoms. The Morgan fingerprint density at radius 1 is 1.27 bits per heavy atom. The van der Waals surface area contributed by atoms with E-state index in [-0.39, 0.29) is 17.5 Å². The first-order valence-electron chi connectivity index (χ1n) is 5.98. The summed E-state index contributed by atoms with van der Waals surface area (Å²) in [5, 5.41) is 0. The zero-order valence-electron chi connectivity index (χ0n) is 10.7. The second-order valence-electron chi connectivity index (χ2n) is 6.04. The Morgan fingerprint density at radius 3 is 2.33 bits per heavy atom. The molecule has 1 aliphatic carbocycles. The van der Waals surface area contributed by atoms with Gasteiger partial charge in [0.15, 0.2) is 0 Å². The third-order valence-electron chi connectivity index (χ3n) is 3.48. The third kappa shape index (κ3) is 3.51. The van der Waals surface area contributed by atoms with Crippen LogP contribution in [0.4, 0.5) is 0 Å². The quantitative estimate of drug-likeness (QED) is 0.623. The van der Waals surface area contributed by atoms with Crippen LogP contribution in [-0.2, 0) is 9.53 Å². The molecule has 2 heteroatoms. The first-order valence-corrected chi connectivity index (χ1v) is 5.98. The van der Waals surface area contributed by atoms with Gasteiger partial charge in [0, 0.05) is 12.8 Å². The number of hydrogen-bond acceptors (Lipinski definition) is 2. The Kier molecular flexibility index (Phi) is 3.80. The molecule has 1 saturated carbocycles. The van der Waals surface area contributed by atoms with Gasteiger partial charge in [0.25, 0.3) is 0 Å². The van der Waals surface area contributed by atoms with Crippen LogP contribution >= 0.6 is 0 Å². The van der Waals surface area contributed by atoms with E-state index in [2.05, 4.69) is 27.7 Å². The van der Waals surface area contributed by atoms with Crippen molar-refractivity contribution in [3.05, 3.63) is 0 Å². The lowest BCUT2D eigenvalue weighted by molar-refractivity contribution is -0.155. The number of carbonyl (C=O) groups is 1. The molecule has 0 aromatic carbocycles. The topological polar surface area (TPSA) is 26.3 Å². The van der Waals surface area contributed by atoms with Crippen LogP contribution in [-0.4, -0.2) is 12.1 Å². The van der Waals surface area contributed by atoms with E-state index in [9.17, 15) is 4.79 Å². The molecule has 0 saturated heterocycles. The van der Waals surface area contributed by atoms with Crippen molar-refractivity contribution in [2.24, 2.45) is 17.3 Å². The van der Waals surface area contributed by atoms with Crippen molar-refractivity contribution in [2.45, 2.75) is 60.0 Å². The lowest BCUT2D eigenvalue weighted by atomic mass is 9.68. The first kappa shape index (κ1) is 12.5. The minimum atomic E-state index is -0.136. The molecule has 3 atom stereocenters. The predicted molar refractivity (Wildman–Crippen MR) is 61.5 cm³/mol. The Bertz CT molecular complexity index is 227. The summed E-state index contributed by atoms with van der Waals surface area (Å²) in [6.45, 7) is 10.5. The number of ether oxygens (including phenoxy) is 1. The molecular formula is C13H24O2. The van der Waals surface area contributed by atoms with E-state index in [1.807, 2.05) is 0 Å². The van der Waals surface area contributed by atoms with Gasteiger partial charge >= 0.3 is 5.97 Å². The fourth-order valence-corrected chi connectivity index (χ4v) is 2.66. The van der Waals surface area contributed by atoms with Gasteiger partial charge in [-0.15, -0.1) is 0 Å². The van der Waals surface area contributed by atoms with Crippen LogP contribution < -0.4 is 0 Å². The molecule has 0 amide bonds. The highest BCUT2D eigenvalue weighted by Crippen LogP contribution is 2.41. The maximum atomic E-state index is 11.1. The molecule has 0 aromatic heterocycles. The summed E-state index contributed by atoms with van der Waals surface area (Å²) in [5.41, 5.74) is 0.236. The summed E-state index contributed by atoms with van der Waals surface area (Å²) in [5.74, 6) is 1.06. The van der Waals surface area contributed by atoms with Crippen LogP contribution in [0.15, 0.2) is 0 Å². The molecule has 0 heterocycles. The maximum absolute atomic E-state index is 11.1. The molecule has 2 nitrogen and oxygen atoms in total. The Morgan fingerprint density at radius 2 is 1.87 bits per heavy atom. The normalized spacial score (nSPS) is 32.5. The smallest absolute Gasteiger partial charge is 0.302 e. The van der Waals surface area contributed by atoms with Crippen LogP contribution in [0.1, 0.15) is 53.9 Å². The molecule has 1 rings (SSSR count). The van der Waals surface area contributed by atoms with Crippen molar-refractivity contribution in [3.63, 3.8) is 0 Å². The largest absolute Gasteiger partial charge is 0.462 e. The van der Waals surface area contributed by atoms with Crippen molar-refractivity contribution in [2.75, 3.05) is 0 Å². The molecular weight excluding hydrogens is 188 g/mol. The van der Waals surface area contributed by atoms with Gasteiger partial charge in [-0.3, -0.25) is 4.79 Å². The zero-order valence-corrected chi connectivity index (χ0v) is 10.7. The molecule has 88 valence electrons. The molecule has 0 aromatic rings. The van der Waals surface area contributed by atoms with Crippen molar-refractivity contribution in [1.82, 2.24) is 0 Å². The van der Waals surface area contributed by atoms with Crippen LogP contribution in [0.5, 0.6) is 0 Å². The Labute approximate surface area is 93.4 Å². The lowest BCUT2D eigenvalue weighted by Crippen LogP contribution is -2.39. The average molecular weight is 212 g/mol. The molecule has 0 aliphatic heterocycles. The van der Waals surface area contributed by atoms with Gasteiger partial charge in [0.2, 0.25) is 0 Å². The van der Waals surface area contributed by atoms with Gasteiger partial charge in [-0.25, -0.2) is 0 Å². The highest BCUT2D eigenvalue weighted by molar-refractivity contribution is 5.66. The monoisotopic (exact) mass is 212 g/mol. The van der Waals surface area contributed by atoms with Gasteiger partial charge < -0.3 is 4.74 Å². The van der Waals surface area contributed by atoms with Crippen molar-refractivity contribution in [1.29, 1.82) is 0 Å². The van der Waals surface area contributed by atoms with Crippen LogP contribution in [0.25, 0.3) is 0 Å². The third-order valence-corrected chi connectivity index (χ3v) is 3.48. The molecule has 0 spiro atoms. The molecule has 0 radical (unpaired) electrons. The summed E-state index contributed by atoms with van der Waals surface area (Å²) in [7, 11) is 0. The van der Waals surface area contributed by atoms with E-state index in [0.717, 1.165) is 6.42 Å². The van der Waals surface area contributed by atoms with Gasteiger partial charge in [0.1, 0.15) is 6.10 Å². The fourth-order valence-electron chi connectivity index (χ4n) is 2.66. The van der Waals surface area contributed by atoms with Crippen LogP contribution in [0.2, 0.25) is 0 Å². The standard InChI is InChI=1S/C13H24O2/c1-9-6-7-11(13(3,4)5)12(8-9)15-10(2)14/h9,11-12H,6-8H2,1-5H3/t9-,11-,12-/m1/s1. The summed E-state index contributed by atoms with van der Waals surface area (Å²) >= 11 is 0. The Hall–Kier alpha value is -0.530. The van der Waals surface area contributed by atoms with Gasteiger partial charge in [-0.1, -0.05) is 34.1 Å². The van der Waals surface area contributed by atoms with Crippen LogP contribution in [0.3, 0.4) is 0 Å². The first-order chi connectivity index (χ1) is 6.80. The number of rotatable bonds is 1. The van der Waals surface area contributed by atoms with Crippen LogP contribution in [0, 0.1) is 17.3 Å². The van der Waals surface area contributed by atoms with E-state index >= 15 is 0 Å². The molecule has 0 N–H and O–H groups in total. The second-order valence-corrected chi connectivity index (χ2v) is 6.04. The molecule has 15 heavy (non-hydrogen) atoms.